The molecule has 0 spiro atoms. The normalized spacial score (nSPS) is 25.9. The van der Waals surface area contributed by atoms with Gasteiger partial charge in [0.15, 0.2) is 6.04 Å². The molecule has 0 fully saturated rings. The molecule has 1 unspecified atom stereocenters. The van der Waals surface area contributed by atoms with Crippen LogP contribution in [0.2, 0.25) is 0 Å². The molecule has 0 aromatic heterocycles. The molecular weight excluding hydrogens is 149 g/mol. The van der Waals surface area contributed by atoms with E-state index in [1.807, 2.05) is 0 Å². The highest BCUT2D eigenvalue weighted by Crippen LogP contribution is 2.25. The Morgan fingerprint density at radius 1 is 1.60 bits per heavy atom. The molecule has 0 saturated carbocycles. The van der Waals surface area contributed by atoms with Crippen LogP contribution in [0.3, 0.4) is 0 Å². The van der Waals surface area contributed by atoms with Gasteiger partial charge in [-0.3, -0.25) is 0 Å². The van der Waals surface area contributed by atoms with Crippen LogP contribution in [-0.2, 0) is 4.74 Å². The second kappa shape index (κ2) is 2.03. The van der Waals surface area contributed by atoms with Gasteiger partial charge < -0.3 is 10.5 Å². The van der Waals surface area contributed by atoms with E-state index in [2.05, 4.69) is 9.73 Å². The van der Waals surface area contributed by atoms with Gasteiger partial charge in [0.1, 0.15) is 6.61 Å². The molecule has 0 aromatic rings. The number of aliphatic imine (C=N–C) groups is 1. The lowest BCUT2D eigenvalue weighted by atomic mass is 10.3. The first-order valence-electron chi connectivity index (χ1n) is 2.53. The van der Waals surface area contributed by atoms with E-state index in [1.165, 1.54) is 0 Å². The zero-order chi connectivity index (χ0) is 7.78. The highest BCUT2D eigenvalue weighted by molar-refractivity contribution is 5.73. The van der Waals surface area contributed by atoms with Crippen molar-refractivity contribution in [2.24, 2.45) is 10.7 Å². The Labute approximate surface area is 54.7 Å². The zero-order valence-electron chi connectivity index (χ0n) is 4.85. The molecule has 1 rings (SSSR count). The molecule has 0 radical (unpaired) electrons. The van der Waals surface area contributed by atoms with Gasteiger partial charge in [-0.1, -0.05) is 0 Å². The van der Waals surface area contributed by atoms with Crippen molar-refractivity contribution in [3.8, 4) is 0 Å². The predicted octanol–water partition coefficient (Wildman–Crippen LogP) is 0.262. The summed E-state index contributed by atoms with van der Waals surface area (Å²) in [4.78, 5) is 3.01. The molecule has 2 N–H and O–H groups in total. The molecule has 1 atom stereocenters. The fourth-order valence-corrected chi connectivity index (χ4v) is 0.560. The highest BCUT2D eigenvalue weighted by Gasteiger charge is 2.43. The number of nitrogens with two attached hydrogens (primary N) is 1. The SMILES string of the molecule is NC1=NC(C(F)(F)F)CO1. The molecule has 0 saturated heterocycles. The first-order valence-corrected chi connectivity index (χ1v) is 2.53. The van der Waals surface area contributed by atoms with E-state index >= 15 is 0 Å². The molecule has 0 bridgehead atoms. The maximum Gasteiger partial charge on any atom is 0.414 e. The smallest absolute Gasteiger partial charge is 0.414 e. The molecule has 1 heterocycles. The van der Waals surface area contributed by atoms with E-state index in [0.717, 1.165) is 0 Å². The first-order chi connectivity index (χ1) is 4.50. The number of rotatable bonds is 0. The van der Waals surface area contributed by atoms with Crippen molar-refractivity contribution < 1.29 is 17.9 Å². The Hall–Kier alpha value is -0.940. The van der Waals surface area contributed by atoms with Crippen LogP contribution < -0.4 is 5.73 Å². The van der Waals surface area contributed by atoms with E-state index in [4.69, 9.17) is 5.73 Å². The second-order valence-electron chi connectivity index (χ2n) is 1.84. The van der Waals surface area contributed by atoms with Gasteiger partial charge in [-0.15, -0.1) is 0 Å². The molecule has 0 aromatic carbocycles. The van der Waals surface area contributed by atoms with Gasteiger partial charge in [0.25, 0.3) is 6.02 Å². The number of hydrogen-bond donors (Lipinski definition) is 1. The van der Waals surface area contributed by atoms with Crippen LogP contribution in [0, 0.1) is 0 Å². The number of amidine groups is 1. The molecule has 6 heteroatoms. The van der Waals surface area contributed by atoms with E-state index in [1.54, 1.807) is 0 Å². The minimum absolute atomic E-state index is 0.387. The zero-order valence-corrected chi connectivity index (χ0v) is 4.85. The molecule has 58 valence electrons. The molecule has 0 amide bonds. The quantitative estimate of drug-likeness (QED) is 0.544. The van der Waals surface area contributed by atoms with Crippen LogP contribution in [0.1, 0.15) is 0 Å². The number of alkyl halides is 3. The van der Waals surface area contributed by atoms with E-state index in [-0.39, 0.29) is 6.02 Å². The van der Waals surface area contributed by atoms with Crippen molar-refractivity contribution in [3.05, 3.63) is 0 Å². The van der Waals surface area contributed by atoms with Crippen LogP contribution in [0.15, 0.2) is 4.99 Å². The van der Waals surface area contributed by atoms with E-state index < -0.39 is 18.8 Å². The third kappa shape index (κ3) is 1.31. The maximum absolute atomic E-state index is 11.7. The Balaban J connectivity index is 2.61. The standard InChI is InChI=1S/C4H5F3N2O/c5-4(6,7)2-1-10-3(8)9-2/h2H,1H2,(H2,8,9). The van der Waals surface area contributed by atoms with Gasteiger partial charge in [0, 0.05) is 0 Å². The highest BCUT2D eigenvalue weighted by atomic mass is 19.4. The van der Waals surface area contributed by atoms with Crippen molar-refractivity contribution in [1.29, 1.82) is 0 Å². The lowest BCUT2D eigenvalue weighted by Gasteiger charge is -2.08. The average molecular weight is 154 g/mol. The Morgan fingerprint density at radius 2 is 2.20 bits per heavy atom. The van der Waals surface area contributed by atoms with Gasteiger partial charge in [0.05, 0.1) is 0 Å². The van der Waals surface area contributed by atoms with Gasteiger partial charge in [-0.05, 0) is 0 Å². The van der Waals surface area contributed by atoms with Gasteiger partial charge in [-0.25, -0.2) is 4.99 Å². The summed E-state index contributed by atoms with van der Waals surface area (Å²) in [6, 6.07) is -2.16. The van der Waals surface area contributed by atoms with Crippen molar-refractivity contribution in [3.63, 3.8) is 0 Å². The average Bonchev–Trinajstić information content (AvgIpc) is 2.11. The lowest BCUT2D eigenvalue weighted by Crippen LogP contribution is -2.27. The summed E-state index contributed by atoms with van der Waals surface area (Å²) >= 11 is 0. The monoisotopic (exact) mass is 154 g/mol. The number of halogens is 3. The Morgan fingerprint density at radius 3 is 2.40 bits per heavy atom. The Bertz CT molecular complexity index is 164. The molecule has 3 nitrogen and oxygen atoms in total. The third-order valence-corrected chi connectivity index (χ3v) is 1.05. The topological polar surface area (TPSA) is 47.6 Å². The fraction of sp³-hybridized carbons (Fsp3) is 0.750. The summed E-state index contributed by atoms with van der Waals surface area (Å²) < 4.78 is 39.4. The summed E-state index contributed by atoms with van der Waals surface area (Å²) in [5.74, 6) is 0. The van der Waals surface area contributed by atoms with Crippen molar-refractivity contribution >= 4 is 6.02 Å². The lowest BCUT2D eigenvalue weighted by molar-refractivity contribution is -0.149. The molecule has 0 aliphatic carbocycles. The summed E-state index contributed by atoms with van der Waals surface area (Å²) in [6.07, 6.45) is -4.33. The third-order valence-electron chi connectivity index (χ3n) is 1.05. The van der Waals surface area contributed by atoms with Gasteiger partial charge in [-0.2, -0.15) is 13.2 Å². The molecule has 1 aliphatic rings. The molecule has 10 heavy (non-hydrogen) atoms. The van der Waals surface area contributed by atoms with Crippen LogP contribution in [-0.4, -0.2) is 24.8 Å². The maximum atomic E-state index is 11.7. The number of hydrogen-bond acceptors (Lipinski definition) is 3. The number of ether oxygens (including phenoxy) is 1. The van der Waals surface area contributed by atoms with E-state index in [0.29, 0.717) is 0 Å². The fourth-order valence-electron chi connectivity index (χ4n) is 0.560. The Kier molecular flexibility index (Phi) is 1.46. The minimum atomic E-state index is -4.33. The van der Waals surface area contributed by atoms with Crippen molar-refractivity contribution in [1.82, 2.24) is 0 Å². The van der Waals surface area contributed by atoms with Crippen LogP contribution in [0.25, 0.3) is 0 Å². The number of nitrogens with zero attached hydrogens (tertiary/aromatic N) is 1. The summed E-state index contributed by atoms with van der Waals surface area (Å²) in [7, 11) is 0. The minimum Gasteiger partial charge on any atom is -0.463 e. The predicted molar refractivity (Wildman–Crippen MR) is 27.4 cm³/mol. The van der Waals surface area contributed by atoms with E-state index in [9.17, 15) is 13.2 Å². The summed E-state index contributed by atoms with van der Waals surface area (Å²) in [5.41, 5.74) is 4.85. The molecule has 1 aliphatic heterocycles. The first kappa shape index (κ1) is 7.17. The second-order valence-corrected chi connectivity index (χ2v) is 1.84. The molecular formula is C4H5F3N2O. The van der Waals surface area contributed by atoms with Crippen molar-refractivity contribution in [2.45, 2.75) is 12.2 Å². The van der Waals surface area contributed by atoms with Crippen LogP contribution in [0.4, 0.5) is 13.2 Å². The van der Waals surface area contributed by atoms with Crippen molar-refractivity contribution in [2.75, 3.05) is 6.61 Å². The van der Waals surface area contributed by atoms with Crippen LogP contribution >= 0.6 is 0 Å². The summed E-state index contributed by atoms with van der Waals surface area (Å²) in [6.45, 7) is -0.491. The van der Waals surface area contributed by atoms with Crippen LogP contribution in [0.5, 0.6) is 0 Å². The van der Waals surface area contributed by atoms with Gasteiger partial charge in [0.2, 0.25) is 0 Å². The largest absolute Gasteiger partial charge is 0.463 e. The van der Waals surface area contributed by atoms with Gasteiger partial charge >= 0.3 is 6.18 Å². The summed E-state index contributed by atoms with van der Waals surface area (Å²) in [5, 5.41) is 0.